The van der Waals surface area contributed by atoms with Crippen molar-refractivity contribution in [2.24, 2.45) is 5.73 Å². The molecule has 1 atom stereocenters. The third kappa shape index (κ3) is 5.01. The number of carbonyl (C=O) groups excluding carboxylic acids is 1. The number of hydrogen-bond acceptors (Lipinski definition) is 4. The number of hydrogen-bond donors (Lipinski definition) is 1. The van der Waals surface area contributed by atoms with Crippen molar-refractivity contribution in [1.29, 1.82) is 0 Å². The van der Waals surface area contributed by atoms with Crippen molar-refractivity contribution in [3.63, 3.8) is 0 Å². The lowest BCUT2D eigenvalue weighted by Gasteiger charge is -2.20. The van der Waals surface area contributed by atoms with Crippen molar-refractivity contribution in [1.82, 2.24) is 4.90 Å². The summed E-state index contributed by atoms with van der Waals surface area (Å²) in [5, 5.41) is 0. The summed E-state index contributed by atoms with van der Waals surface area (Å²) in [6, 6.07) is 3.54. The largest absolute Gasteiger partial charge is 0.469 e. The lowest BCUT2D eigenvalue weighted by molar-refractivity contribution is -0.130. The summed E-state index contributed by atoms with van der Waals surface area (Å²) < 4.78 is 10.1. The van der Waals surface area contributed by atoms with Crippen molar-refractivity contribution in [2.45, 2.75) is 18.9 Å². The molecule has 0 fully saturated rings. The number of nitrogens with two attached hydrogens (primary N) is 1. The van der Waals surface area contributed by atoms with E-state index >= 15 is 0 Å². The summed E-state index contributed by atoms with van der Waals surface area (Å²) in [7, 11) is 3.35. The first-order chi connectivity index (χ1) is 8.13. The van der Waals surface area contributed by atoms with Crippen LogP contribution in [-0.4, -0.2) is 44.2 Å². The monoisotopic (exact) mass is 240 g/mol. The van der Waals surface area contributed by atoms with E-state index in [2.05, 4.69) is 0 Å². The first-order valence-electron chi connectivity index (χ1n) is 5.64. The van der Waals surface area contributed by atoms with Gasteiger partial charge < -0.3 is 19.8 Å². The summed E-state index contributed by atoms with van der Waals surface area (Å²) in [4.78, 5) is 13.4. The molecule has 0 saturated heterocycles. The number of likely N-dealkylation sites (N-methyl/N-ethyl adjacent to an activating group) is 1. The summed E-state index contributed by atoms with van der Waals surface area (Å²) in [6.07, 6.45) is 2.66. The quantitative estimate of drug-likeness (QED) is 0.759. The van der Waals surface area contributed by atoms with E-state index < -0.39 is 0 Å². The molecular formula is C12H20N2O3. The van der Waals surface area contributed by atoms with Gasteiger partial charge in [-0.2, -0.15) is 0 Å². The van der Waals surface area contributed by atoms with E-state index in [1.54, 1.807) is 25.3 Å². The Morgan fingerprint density at radius 2 is 2.41 bits per heavy atom. The zero-order valence-electron chi connectivity index (χ0n) is 10.4. The fourth-order valence-electron chi connectivity index (χ4n) is 1.60. The van der Waals surface area contributed by atoms with E-state index in [4.69, 9.17) is 14.9 Å². The highest BCUT2D eigenvalue weighted by Crippen LogP contribution is 2.05. The molecule has 5 nitrogen and oxygen atoms in total. The summed E-state index contributed by atoms with van der Waals surface area (Å²) in [5.41, 5.74) is 5.78. The second-order valence-corrected chi connectivity index (χ2v) is 4.07. The van der Waals surface area contributed by atoms with Gasteiger partial charge in [0.1, 0.15) is 5.76 Å². The minimum Gasteiger partial charge on any atom is -0.469 e. The lowest BCUT2D eigenvalue weighted by atomic mass is 10.2. The molecule has 0 radical (unpaired) electrons. The Hall–Kier alpha value is -1.33. The number of methoxy groups -OCH3 is 1. The third-order valence-corrected chi connectivity index (χ3v) is 2.48. The van der Waals surface area contributed by atoms with Gasteiger partial charge in [0, 0.05) is 39.6 Å². The summed E-state index contributed by atoms with van der Waals surface area (Å²) in [5.74, 6) is 0.890. The predicted octanol–water partition coefficient (Wildman–Crippen LogP) is 0.644. The van der Waals surface area contributed by atoms with Crippen LogP contribution in [0, 0.1) is 0 Å². The van der Waals surface area contributed by atoms with E-state index in [1.807, 2.05) is 12.1 Å². The van der Waals surface area contributed by atoms with Gasteiger partial charge in [0.15, 0.2) is 0 Å². The van der Waals surface area contributed by atoms with Crippen molar-refractivity contribution < 1.29 is 13.9 Å². The first kappa shape index (κ1) is 13.7. The normalized spacial score (nSPS) is 12.4. The van der Waals surface area contributed by atoms with Gasteiger partial charge in [-0.15, -0.1) is 0 Å². The number of amides is 1. The first-order valence-corrected chi connectivity index (χ1v) is 5.64. The summed E-state index contributed by atoms with van der Waals surface area (Å²) >= 11 is 0. The maximum absolute atomic E-state index is 11.8. The minimum atomic E-state index is -0.141. The molecule has 0 aromatic carbocycles. The molecule has 0 aliphatic rings. The average Bonchev–Trinajstić information content (AvgIpc) is 2.78. The molecule has 17 heavy (non-hydrogen) atoms. The second kappa shape index (κ2) is 7.09. The SMILES string of the molecule is COCC(N)CN(C)C(=O)CCc1ccco1. The fraction of sp³-hybridized carbons (Fsp3) is 0.583. The van der Waals surface area contributed by atoms with Crippen molar-refractivity contribution in [3.05, 3.63) is 24.2 Å². The number of nitrogens with zero attached hydrogens (tertiary/aromatic N) is 1. The second-order valence-electron chi connectivity index (χ2n) is 4.07. The number of carbonyl (C=O) groups is 1. The molecular weight excluding hydrogens is 220 g/mol. The van der Waals surface area contributed by atoms with Crippen LogP contribution in [-0.2, 0) is 16.0 Å². The molecule has 0 spiro atoms. The number of rotatable bonds is 7. The van der Waals surface area contributed by atoms with Gasteiger partial charge in [-0.25, -0.2) is 0 Å². The lowest BCUT2D eigenvalue weighted by Crippen LogP contribution is -2.41. The van der Waals surface area contributed by atoms with E-state index in [9.17, 15) is 4.79 Å². The van der Waals surface area contributed by atoms with Crippen LogP contribution in [0.1, 0.15) is 12.2 Å². The van der Waals surface area contributed by atoms with Gasteiger partial charge in [-0.1, -0.05) is 0 Å². The molecule has 0 saturated carbocycles. The van der Waals surface area contributed by atoms with Gasteiger partial charge in [-0.3, -0.25) is 4.79 Å². The molecule has 1 rings (SSSR count). The highest BCUT2D eigenvalue weighted by atomic mass is 16.5. The molecule has 1 heterocycles. The van der Waals surface area contributed by atoms with Crippen LogP contribution in [0.3, 0.4) is 0 Å². The fourth-order valence-corrected chi connectivity index (χ4v) is 1.60. The molecule has 0 aliphatic heterocycles. The molecule has 1 unspecified atom stereocenters. The topological polar surface area (TPSA) is 68.7 Å². The van der Waals surface area contributed by atoms with Gasteiger partial charge in [0.05, 0.1) is 12.9 Å². The van der Waals surface area contributed by atoms with Gasteiger partial charge >= 0.3 is 0 Å². The summed E-state index contributed by atoms with van der Waals surface area (Å²) in [6.45, 7) is 0.959. The zero-order chi connectivity index (χ0) is 12.7. The van der Waals surface area contributed by atoms with Crippen LogP contribution < -0.4 is 5.73 Å². The van der Waals surface area contributed by atoms with Crippen LogP contribution in [0.5, 0.6) is 0 Å². The Kier molecular flexibility index (Phi) is 5.72. The Morgan fingerprint density at radius 3 is 3.00 bits per heavy atom. The van der Waals surface area contributed by atoms with Crippen LogP contribution >= 0.6 is 0 Å². The number of furan rings is 1. The van der Waals surface area contributed by atoms with Crippen LogP contribution in [0.4, 0.5) is 0 Å². The molecule has 1 aromatic heterocycles. The predicted molar refractivity (Wildman–Crippen MR) is 64.5 cm³/mol. The van der Waals surface area contributed by atoms with E-state index in [1.165, 1.54) is 0 Å². The maximum atomic E-state index is 11.8. The van der Waals surface area contributed by atoms with Gasteiger partial charge in [0.25, 0.3) is 0 Å². The van der Waals surface area contributed by atoms with E-state index in [0.717, 1.165) is 5.76 Å². The standard InChI is InChI=1S/C12H20N2O3/c1-14(8-10(13)9-16-2)12(15)6-5-11-4-3-7-17-11/h3-4,7,10H,5-6,8-9,13H2,1-2H3. The van der Waals surface area contributed by atoms with Gasteiger partial charge in [0.2, 0.25) is 5.91 Å². The molecule has 5 heteroatoms. The Bertz CT molecular complexity index is 325. The van der Waals surface area contributed by atoms with Crippen molar-refractivity contribution in [3.8, 4) is 0 Å². The Morgan fingerprint density at radius 1 is 1.65 bits per heavy atom. The number of ether oxygens (including phenoxy) is 1. The Labute approximate surface area is 102 Å². The molecule has 2 N–H and O–H groups in total. The maximum Gasteiger partial charge on any atom is 0.222 e. The zero-order valence-corrected chi connectivity index (χ0v) is 10.4. The highest BCUT2D eigenvalue weighted by Gasteiger charge is 2.13. The molecule has 96 valence electrons. The Balaban J connectivity index is 2.27. The molecule has 0 aliphatic carbocycles. The van der Waals surface area contributed by atoms with Crippen LogP contribution in [0.15, 0.2) is 22.8 Å². The highest BCUT2D eigenvalue weighted by molar-refractivity contribution is 5.76. The average molecular weight is 240 g/mol. The van der Waals surface area contributed by atoms with Crippen molar-refractivity contribution in [2.75, 3.05) is 27.3 Å². The van der Waals surface area contributed by atoms with Crippen LogP contribution in [0.25, 0.3) is 0 Å². The third-order valence-electron chi connectivity index (χ3n) is 2.48. The molecule has 1 amide bonds. The molecule has 0 bridgehead atoms. The van der Waals surface area contributed by atoms with Crippen molar-refractivity contribution >= 4 is 5.91 Å². The smallest absolute Gasteiger partial charge is 0.222 e. The number of aryl methyl sites for hydroxylation is 1. The van der Waals surface area contributed by atoms with Gasteiger partial charge in [-0.05, 0) is 12.1 Å². The minimum absolute atomic E-state index is 0.0629. The van der Waals surface area contributed by atoms with E-state index in [0.29, 0.717) is 26.0 Å². The van der Waals surface area contributed by atoms with E-state index in [-0.39, 0.29) is 11.9 Å². The molecule has 1 aromatic rings. The van der Waals surface area contributed by atoms with Crippen LogP contribution in [0.2, 0.25) is 0 Å².